The normalized spacial score (nSPS) is 19.7. The molecule has 8 heteroatoms. The number of benzene rings is 2. The molecule has 2 aromatic rings. The van der Waals surface area contributed by atoms with E-state index >= 15 is 0 Å². The van der Waals surface area contributed by atoms with E-state index < -0.39 is 24.1 Å². The van der Waals surface area contributed by atoms with Crippen LogP contribution in [0.15, 0.2) is 54.6 Å². The van der Waals surface area contributed by atoms with Gasteiger partial charge >= 0.3 is 5.97 Å². The Morgan fingerprint density at radius 2 is 1.74 bits per heavy atom. The number of rotatable bonds is 5. The van der Waals surface area contributed by atoms with Crippen molar-refractivity contribution in [2.75, 3.05) is 30.0 Å². The highest BCUT2D eigenvalue weighted by molar-refractivity contribution is 6.15. The lowest BCUT2D eigenvalue weighted by molar-refractivity contribution is -0.159. The minimum absolute atomic E-state index is 0.102. The number of hydrogen-bond donors (Lipinski definition) is 0. The first-order valence-electron chi connectivity index (χ1n) is 10.1. The summed E-state index contributed by atoms with van der Waals surface area (Å²) in [6.45, 7) is 1.46. The summed E-state index contributed by atoms with van der Waals surface area (Å²) < 4.78 is 5.42. The quantitative estimate of drug-likeness (QED) is 0.691. The molecule has 1 saturated heterocycles. The Hall–Kier alpha value is -3.68. The molecule has 0 radical (unpaired) electrons. The second-order valence-corrected chi connectivity index (χ2v) is 7.48. The maximum atomic E-state index is 13.4. The lowest BCUT2D eigenvalue weighted by Crippen LogP contribution is -2.68. The van der Waals surface area contributed by atoms with Gasteiger partial charge < -0.3 is 14.5 Å². The largest absolute Gasteiger partial charge is 0.452 e. The van der Waals surface area contributed by atoms with Crippen LogP contribution in [0.2, 0.25) is 0 Å². The number of likely N-dealkylation sites (N-methyl/N-ethyl adjacent to an activating group) is 2. The molecule has 2 heterocycles. The van der Waals surface area contributed by atoms with Crippen molar-refractivity contribution in [3.8, 4) is 0 Å². The minimum Gasteiger partial charge on any atom is -0.452 e. The Bertz CT molecular complexity index is 1050. The number of ether oxygens (including phenoxy) is 1. The first kappa shape index (κ1) is 20.6. The van der Waals surface area contributed by atoms with Gasteiger partial charge in [0.2, 0.25) is 11.6 Å². The van der Waals surface area contributed by atoms with Crippen molar-refractivity contribution in [3.63, 3.8) is 0 Å². The summed E-state index contributed by atoms with van der Waals surface area (Å²) in [5.74, 6) is -1.80. The van der Waals surface area contributed by atoms with E-state index in [1.54, 1.807) is 62.5 Å². The Morgan fingerprint density at radius 1 is 1.06 bits per heavy atom. The van der Waals surface area contributed by atoms with Crippen LogP contribution < -0.4 is 9.80 Å². The van der Waals surface area contributed by atoms with Crippen molar-refractivity contribution in [1.82, 2.24) is 4.90 Å². The standard InChI is InChI=1S/C23H23N3O5/c1-3-25-21(29)17-11-7-8-12-18(17)26-19(27)13-14-23(25,26)22(30)31-15-20(28)24(2)16-9-5-4-6-10-16/h4-12H,3,13-15H2,1-2H3/t23-/m0/s1. The Morgan fingerprint density at radius 3 is 2.45 bits per heavy atom. The smallest absolute Gasteiger partial charge is 0.354 e. The summed E-state index contributed by atoms with van der Waals surface area (Å²) in [6.07, 6.45) is 0.215. The molecule has 2 aromatic carbocycles. The number of fused-ring (bicyclic) bond motifs is 3. The van der Waals surface area contributed by atoms with Gasteiger partial charge in [-0.25, -0.2) is 4.79 Å². The maximum Gasteiger partial charge on any atom is 0.354 e. The van der Waals surface area contributed by atoms with Crippen LogP contribution in [0.4, 0.5) is 11.4 Å². The van der Waals surface area contributed by atoms with Crippen molar-refractivity contribution in [2.45, 2.75) is 25.4 Å². The summed E-state index contributed by atoms with van der Waals surface area (Å²) in [5, 5.41) is 0. The molecule has 0 spiro atoms. The van der Waals surface area contributed by atoms with Gasteiger partial charge in [-0.3, -0.25) is 19.3 Å². The summed E-state index contributed by atoms with van der Waals surface area (Å²) in [7, 11) is 1.59. The van der Waals surface area contributed by atoms with Gasteiger partial charge in [-0.1, -0.05) is 30.3 Å². The third kappa shape index (κ3) is 3.15. The van der Waals surface area contributed by atoms with E-state index in [1.807, 2.05) is 6.07 Å². The van der Waals surface area contributed by atoms with E-state index in [2.05, 4.69) is 0 Å². The molecule has 2 aliphatic heterocycles. The first-order valence-corrected chi connectivity index (χ1v) is 10.1. The number of nitrogens with zero attached hydrogens (tertiary/aromatic N) is 3. The number of carbonyl (C=O) groups is 4. The van der Waals surface area contributed by atoms with Crippen molar-refractivity contribution < 1.29 is 23.9 Å². The molecule has 160 valence electrons. The van der Waals surface area contributed by atoms with Crippen LogP contribution in [-0.4, -0.2) is 54.5 Å². The van der Waals surface area contributed by atoms with Crippen LogP contribution >= 0.6 is 0 Å². The monoisotopic (exact) mass is 421 g/mol. The van der Waals surface area contributed by atoms with Crippen molar-refractivity contribution in [1.29, 1.82) is 0 Å². The number of hydrogen-bond acceptors (Lipinski definition) is 5. The SMILES string of the molecule is CCN1C(=O)c2ccccc2N2C(=O)CC[C@]12C(=O)OCC(=O)N(C)c1ccccc1. The maximum absolute atomic E-state index is 13.4. The van der Waals surface area contributed by atoms with Crippen LogP contribution in [0.3, 0.4) is 0 Å². The molecule has 2 aliphatic rings. The summed E-state index contributed by atoms with van der Waals surface area (Å²) in [4.78, 5) is 56.0. The molecule has 31 heavy (non-hydrogen) atoms. The van der Waals surface area contributed by atoms with Gasteiger partial charge in [0.15, 0.2) is 6.61 Å². The topological polar surface area (TPSA) is 87.2 Å². The van der Waals surface area contributed by atoms with Crippen LogP contribution in [0.5, 0.6) is 0 Å². The third-order valence-electron chi connectivity index (χ3n) is 5.86. The first-order chi connectivity index (χ1) is 14.9. The molecule has 0 bridgehead atoms. The van der Waals surface area contributed by atoms with Crippen LogP contribution in [0.25, 0.3) is 0 Å². The molecule has 0 aliphatic carbocycles. The molecule has 8 nitrogen and oxygen atoms in total. The molecular formula is C23H23N3O5. The molecule has 0 saturated carbocycles. The molecule has 1 fully saturated rings. The number of para-hydroxylation sites is 2. The zero-order chi connectivity index (χ0) is 22.2. The van der Waals surface area contributed by atoms with Gasteiger partial charge in [0.05, 0.1) is 11.3 Å². The molecule has 3 amide bonds. The third-order valence-corrected chi connectivity index (χ3v) is 5.86. The number of amides is 3. The van der Waals surface area contributed by atoms with E-state index in [-0.39, 0.29) is 31.2 Å². The lowest BCUT2D eigenvalue weighted by atomic mass is 9.96. The fourth-order valence-electron chi connectivity index (χ4n) is 4.31. The van der Waals surface area contributed by atoms with E-state index in [0.717, 1.165) is 0 Å². The summed E-state index contributed by atoms with van der Waals surface area (Å²) in [6, 6.07) is 15.7. The zero-order valence-electron chi connectivity index (χ0n) is 17.4. The Labute approximate surface area is 180 Å². The van der Waals surface area contributed by atoms with Crippen molar-refractivity contribution in [3.05, 3.63) is 60.2 Å². The average Bonchev–Trinajstić information content (AvgIpc) is 3.15. The number of esters is 1. The fraction of sp³-hybridized carbons (Fsp3) is 0.304. The zero-order valence-corrected chi connectivity index (χ0v) is 17.4. The van der Waals surface area contributed by atoms with E-state index in [4.69, 9.17) is 4.74 Å². The average molecular weight is 421 g/mol. The van der Waals surface area contributed by atoms with E-state index in [1.165, 1.54) is 14.7 Å². The Balaban J connectivity index is 1.62. The molecule has 1 atom stereocenters. The van der Waals surface area contributed by atoms with Gasteiger partial charge in [0.1, 0.15) is 0 Å². The van der Waals surface area contributed by atoms with Gasteiger partial charge in [0, 0.05) is 32.1 Å². The predicted molar refractivity (Wildman–Crippen MR) is 113 cm³/mol. The van der Waals surface area contributed by atoms with Gasteiger partial charge in [-0.2, -0.15) is 0 Å². The number of carbonyl (C=O) groups excluding carboxylic acids is 4. The van der Waals surface area contributed by atoms with Crippen LogP contribution in [-0.2, 0) is 19.1 Å². The van der Waals surface area contributed by atoms with Gasteiger partial charge in [-0.15, -0.1) is 0 Å². The molecule has 4 rings (SSSR count). The fourth-order valence-corrected chi connectivity index (χ4v) is 4.31. The Kier molecular flexibility index (Phi) is 5.22. The summed E-state index contributed by atoms with van der Waals surface area (Å²) in [5.41, 5.74) is -0.160. The van der Waals surface area contributed by atoms with Crippen molar-refractivity contribution >= 4 is 35.1 Å². The van der Waals surface area contributed by atoms with Gasteiger partial charge in [0.25, 0.3) is 11.8 Å². The van der Waals surface area contributed by atoms with Gasteiger partial charge in [-0.05, 0) is 31.2 Å². The highest BCUT2D eigenvalue weighted by Crippen LogP contribution is 2.44. The van der Waals surface area contributed by atoms with E-state index in [9.17, 15) is 19.2 Å². The predicted octanol–water partition coefficient (Wildman–Crippen LogP) is 2.19. The molecule has 0 unspecified atom stereocenters. The van der Waals surface area contributed by atoms with Crippen molar-refractivity contribution in [2.24, 2.45) is 0 Å². The molecular weight excluding hydrogens is 398 g/mol. The molecule has 0 N–H and O–H groups in total. The lowest BCUT2D eigenvalue weighted by Gasteiger charge is -2.48. The summed E-state index contributed by atoms with van der Waals surface area (Å²) >= 11 is 0. The number of anilines is 2. The van der Waals surface area contributed by atoms with E-state index in [0.29, 0.717) is 16.9 Å². The van der Waals surface area contributed by atoms with Crippen LogP contribution in [0, 0.1) is 0 Å². The molecule has 0 aromatic heterocycles. The van der Waals surface area contributed by atoms with Crippen LogP contribution in [0.1, 0.15) is 30.1 Å². The second-order valence-electron chi connectivity index (χ2n) is 7.48. The highest BCUT2D eigenvalue weighted by Gasteiger charge is 2.61. The second kappa shape index (κ2) is 7.86. The minimum atomic E-state index is -1.58. The highest BCUT2D eigenvalue weighted by atomic mass is 16.5.